The number of ether oxygens (including phenoxy) is 4. The van der Waals surface area contributed by atoms with Crippen LogP contribution in [0.4, 0.5) is 0 Å². The summed E-state index contributed by atoms with van der Waals surface area (Å²) in [5, 5.41) is 2.42. The van der Waals surface area contributed by atoms with Gasteiger partial charge in [-0.2, -0.15) is 0 Å². The predicted octanol–water partition coefficient (Wildman–Crippen LogP) is 8.11. The lowest BCUT2D eigenvalue weighted by Gasteiger charge is -2.20. The van der Waals surface area contributed by atoms with Crippen LogP contribution in [0, 0.1) is 0 Å². The highest BCUT2D eigenvalue weighted by Gasteiger charge is 2.23. The van der Waals surface area contributed by atoms with Crippen molar-refractivity contribution >= 4 is 83.7 Å². The largest absolute Gasteiger partial charge is 0.357 e. The van der Waals surface area contributed by atoms with E-state index in [9.17, 15) is 0 Å². The molecular weight excluding hydrogens is 637 g/mol. The maximum absolute atomic E-state index is 5.88. The Morgan fingerprint density at radius 3 is 1.36 bits per heavy atom. The number of thiazole rings is 2. The van der Waals surface area contributed by atoms with E-state index in [-0.39, 0.29) is 11.8 Å². The molecular formula is C30H40N2O4S4Si2. The van der Waals surface area contributed by atoms with Crippen molar-refractivity contribution in [3.8, 4) is 0 Å². The van der Waals surface area contributed by atoms with E-state index in [4.69, 9.17) is 28.9 Å². The Morgan fingerprint density at radius 1 is 0.619 bits per heavy atom. The number of para-hydroxylation sites is 2. The van der Waals surface area contributed by atoms with Gasteiger partial charge in [0.05, 0.1) is 30.4 Å². The number of nitrogens with zero attached hydrogens (tertiary/aromatic N) is 2. The Morgan fingerprint density at radius 2 is 1.00 bits per heavy atom. The van der Waals surface area contributed by atoms with Crippen LogP contribution in [0.2, 0.25) is 12.1 Å². The van der Waals surface area contributed by atoms with E-state index < -0.39 is 0 Å². The van der Waals surface area contributed by atoms with Crippen LogP contribution < -0.4 is 0 Å². The first-order chi connectivity index (χ1) is 20.6. The second-order valence-corrected chi connectivity index (χ2v) is 16.6. The van der Waals surface area contributed by atoms with Crippen molar-refractivity contribution in [2.75, 3.05) is 37.9 Å². The van der Waals surface area contributed by atoms with E-state index >= 15 is 0 Å². The second kappa shape index (κ2) is 18.9. The minimum Gasteiger partial charge on any atom is -0.357 e. The molecule has 0 spiro atoms. The van der Waals surface area contributed by atoms with Gasteiger partial charge in [-0.25, -0.2) is 9.97 Å². The lowest BCUT2D eigenvalue weighted by atomic mass is 10.2. The van der Waals surface area contributed by atoms with E-state index in [1.807, 2.05) is 72.0 Å². The summed E-state index contributed by atoms with van der Waals surface area (Å²) in [7, 11) is 5.04. The molecule has 4 aromatic rings. The van der Waals surface area contributed by atoms with Gasteiger partial charge in [-0.3, -0.25) is 0 Å². The Balaban J connectivity index is 1.42. The van der Waals surface area contributed by atoms with E-state index in [1.165, 1.54) is 19.4 Å². The molecule has 2 heterocycles. The summed E-state index contributed by atoms with van der Waals surface area (Å²) in [5.41, 5.74) is 2.18. The monoisotopic (exact) mass is 676 g/mol. The van der Waals surface area contributed by atoms with Crippen LogP contribution in [0.3, 0.4) is 0 Å². The molecule has 4 rings (SSSR count). The fourth-order valence-corrected chi connectivity index (χ4v) is 12.7. The fourth-order valence-electron chi connectivity index (χ4n) is 4.24. The van der Waals surface area contributed by atoms with Crippen molar-refractivity contribution in [1.82, 2.24) is 9.97 Å². The van der Waals surface area contributed by atoms with E-state index in [0.29, 0.717) is 57.3 Å². The normalized spacial score (nSPS) is 13.6. The zero-order valence-corrected chi connectivity index (χ0v) is 30.0. The first-order valence-electron chi connectivity index (χ1n) is 14.5. The first kappa shape index (κ1) is 34.1. The van der Waals surface area contributed by atoms with Crippen LogP contribution >= 0.6 is 44.3 Å². The summed E-state index contributed by atoms with van der Waals surface area (Å²) >= 11 is 3.64. The Labute approximate surface area is 271 Å². The summed E-state index contributed by atoms with van der Waals surface area (Å²) < 4.78 is 26.0. The van der Waals surface area contributed by atoms with Gasteiger partial charge in [0.2, 0.25) is 0 Å². The van der Waals surface area contributed by atoms with Crippen molar-refractivity contribution in [1.29, 1.82) is 0 Å². The van der Waals surface area contributed by atoms with E-state index in [0.717, 1.165) is 34.6 Å². The third-order valence-corrected chi connectivity index (χ3v) is 14.0. The molecule has 2 atom stereocenters. The van der Waals surface area contributed by atoms with Gasteiger partial charge < -0.3 is 18.9 Å². The molecule has 0 amide bonds. The average molecular weight is 677 g/mol. The molecule has 42 heavy (non-hydrogen) atoms. The quantitative estimate of drug-likeness (QED) is 0.0380. The van der Waals surface area contributed by atoms with Gasteiger partial charge in [0.15, 0.2) is 0 Å². The molecule has 6 nitrogen and oxygen atoms in total. The molecule has 2 unspecified atom stereocenters. The summed E-state index contributed by atoms with van der Waals surface area (Å²) in [6.07, 6.45) is 0. The zero-order chi connectivity index (χ0) is 29.6. The average Bonchev–Trinajstić information content (AvgIpc) is 3.63. The standard InChI is InChI=1S/C30H40N2O4S4Si2/c1-5-33-29(34-6-2)41-19-21(27-31-23-13-9-11-15-25(23)39-27)17-37-38-18-22(20-42-30(35-7-3)36-8-4)28-32-24-14-10-12-16-26(24)40-28/h9-16,21-22,29-30H,5-8,17-20H2,1-4H3. The number of hydrogen-bond donors (Lipinski definition) is 0. The lowest BCUT2D eigenvalue weighted by molar-refractivity contribution is -0.0830. The summed E-state index contributed by atoms with van der Waals surface area (Å²) in [4.78, 5) is 10.1. The highest BCUT2D eigenvalue weighted by Crippen LogP contribution is 2.39. The molecule has 0 N–H and O–H groups in total. The minimum absolute atomic E-state index is 0.137. The van der Waals surface area contributed by atoms with Gasteiger partial charge in [-0.05, 0) is 64.0 Å². The second-order valence-electron chi connectivity index (χ2n) is 9.30. The predicted molar refractivity (Wildman–Crippen MR) is 185 cm³/mol. The first-order valence-corrected chi connectivity index (χ1v) is 21.2. The van der Waals surface area contributed by atoms with Crippen LogP contribution in [-0.4, -0.2) is 78.8 Å². The van der Waals surface area contributed by atoms with Crippen LogP contribution in [-0.2, 0) is 18.9 Å². The maximum Gasteiger partial charge on any atom is 0.137 e. The highest BCUT2D eigenvalue weighted by molar-refractivity contribution is 8.76. The summed E-state index contributed by atoms with van der Waals surface area (Å²) in [6.45, 7) is 10.8. The van der Waals surface area contributed by atoms with E-state index in [1.54, 1.807) is 0 Å². The van der Waals surface area contributed by atoms with Gasteiger partial charge in [0, 0.05) is 49.8 Å². The molecule has 0 aliphatic carbocycles. The molecule has 4 radical (unpaired) electrons. The molecule has 12 heteroatoms. The third kappa shape index (κ3) is 10.4. The molecule has 0 aliphatic heterocycles. The van der Waals surface area contributed by atoms with Crippen molar-refractivity contribution in [2.24, 2.45) is 0 Å². The fraction of sp³-hybridized carbons (Fsp3) is 0.533. The van der Waals surface area contributed by atoms with Crippen molar-refractivity contribution in [2.45, 2.75) is 63.4 Å². The van der Waals surface area contributed by atoms with Crippen LogP contribution in [0.15, 0.2) is 48.5 Å². The third-order valence-electron chi connectivity index (χ3n) is 6.28. The van der Waals surface area contributed by atoms with Crippen LogP contribution in [0.5, 0.6) is 0 Å². The maximum atomic E-state index is 5.88. The lowest BCUT2D eigenvalue weighted by Crippen LogP contribution is -2.26. The molecule has 0 saturated carbocycles. The molecule has 2 aromatic heterocycles. The van der Waals surface area contributed by atoms with E-state index in [2.05, 4.69) is 48.5 Å². The molecule has 226 valence electrons. The number of hydrogen-bond acceptors (Lipinski definition) is 10. The van der Waals surface area contributed by atoms with Crippen molar-refractivity contribution < 1.29 is 18.9 Å². The highest BCUT2D eigenvalue weighted by atomic mass is 33.1. The van der Waals surface area contributed by atoms with Gasteiger partial charge in [0.1, 0.15) is 30.9 Å². The Kier molecular flexibility index (Phi) is 15.3. The molecule has 0 bridgehead atoms. The summed E-state index contributed by atoms with van der Waals surface area (Å²) in [5.74, 6) is 2.43. The van der Waals surface area contributed by atoms with Crippen LogP contribution in [0.25, 0.3) is 20.4 Å². The summed E-state index contributed by atoms with van der Waals surface area (Å²) in [6, 6.07) is 18.9. The minimum atomic E-state index is -0.137. The molecule has 0 saturated heterocycles. The van der Waals surface area contributed by atoms with Crippen molar-refractivity contribution in [3.63, 3.8) is 0 Å². The van der Waals surface area contributed by atoms with Crippen LogP contribution in [0.1, 0.15) is 49.5 Å². The topological polar surface area (TPSA) is 62.7 Å². The zero-order valence-electron chi connectivity index (χ0n) is 24.7. The number of rotatable bonds is 21. The number of benzene rings is 2. The van der Waals surface area contributed by atoms with Gasteiger partial charge >= 0.3 is 0 Å². The molecule has 2 aromatic carbocycles. The number of fused-ring (bicyclic) bond motifs is 2. The smallest absolute Gasteiger partial charge is 0.137 e. The SMILES string of the molecule is CCOC(OCC)[Si]CC(CSSCC(C[Si]C(OCC)OCC)c1nc2ccccc2s1)c1nc2ccccc2s1. The van der Waals surface area contributed by atoms with Crippen molar-refractivity contribution in [3.05, 3.63) is 58.5 Å². The Bertz CT molecular complexity index is 1150. The van der Waals surface area contributed by atoms with Gasteiger partial charge in [0.25, 0.3) is 0 Å². The Hall–Kier alpha value is -0.806. The molecule has 0 aliphatic rings. The van der Waals surface area contributed by atoms with Gasteiger partial charge in [-0.1, -0.05) is 45.9 Å². The number of aromatic nitrogens is 2. The van der Waals surface area contributed by atoms with Gasteiger partial charge in [-0.15, -0.1) is 22.7 Å². The molecule has 0 fully saturated rings.